The molecule has 0 fully saturated rings. The molecular formula is C60H108O6. The first-order valence-corrected chi connectivity index (χ1v) is 28.6. The van der Waals surface area contributed by atoms with Crippen LogP contribution in [0.3, 0.4) is 0 Å². The number of allylic oxidation sites excluding steroid dienone is 8. The third-order valence-electron chi connectivity index (χ3n) is 12.6. The molecule has 0 amide bonds. The van der Waals surface area contributed by atoms with Crippen molar-refractivity contribution in [1.29, 1.82) is 0 Å². The predicted molar refractivity (Wildman–Crippen MR) is 284 cm³/mol. The van der Waals surface area contributed by atoms with E-state index in [2.05, 4.69) is 69.4 Å². The van der Waals surface area contributed by atoms with Crippen molar-refractivity contribution in [2.75, 3.05) is 13.2 Å². The van der Waals surface area contributed by atoms with E-state index >= 15 is 0 Å². The van der Waals surface area contributed by atoms with E-state index in [0.717, 1.165) is 77.0 Å². The number of hydrogen-bond acceptors (Lipinski definition) is 6. The Morgan fingerprint density at radius 1 is 0.303 bits per heavy atom. The first-order valence-electron chi connectivity index (χ1n) is 28.6. The summed E-state index contributed by atoms with van der Waals surface area (Å²) in [6, 6.07) is 0. The Morgan fingerprint density at radius 3 is 0.864 bits per heavy atom. The lowest BCUT2D eigenvalue weighted by molar-refractivity contribution is -0.167. The van der Waals surface area contributed by atoms with Crippen LogP contribution < -0.4 is 0 Å². The van der Waals surface area contributed by atoms with Crippen LogP contribution in [0.4, 0.5) is 0 Å². The van der Waals surface area contributed by atoms with Crippen LogP contribution in [0.15, 0.2) is 48.6 Å². The molecule has 0 saturated heterocycles. The molecular weight excluding hydrogens is 817 g/mol. The monoisotopic (exact) mass is 925 g/mol. The molecule has 384 valence electrons. The predicted octanol–water partition coefficient (Wildman–Crippen LogP) is 19.0. The molecule has 0 saturated carbocycles. The van der Waals surface area contributed by atoms with E-state index in [9.17, 15) is 14.4 Å². The fourth-order valence-electron chi connectivity index (χ4n) is 8.21. The van der Waals surface area contributed by atoms with E-state index < -0.39 is 6.10 Å². The third kappa shape index (κ3) is 52.3. The fourth-order valence-corrected chi connectivity index (χ4v) is 8.21. The Labute approximate surface area is 409 Å². The molecule has 0 aliphatic heterocycles. The first kappa shape index (κ1) is 63.4. The lowest BCUT2D eigenvalue weighted by Crippen LogP contribution is -2.30. The normalized spacial score (nSPS) is 12.3. The van der Waals surface area contributed by atoms with Crippen LogP contribution in [0.2, 0.25) is 0 Å². The van der Waals surface area contributed by atoms with Gasteiger partial charge in [-0.25, -0.2) is 0 Å². The largest absolute Gasteiger partial charge is 0.462 e. The standard InChI is InChI=1S/C60H108O6/c1-4-7-10-13-16-18-20-22-24-26-27-28-29-30-31-32-33-34-36-37-39-41-44-47-50-53-59(62)65-56-57(55-64-58(61)52-49-46-43-15-12-9-6-3)66-60(63)54-51-48-45-42-40-38-35-25-23-21-19-17-14-11-8-5-2/h20,22,25-27,29-30,35,57H,4-19,21,23-24,28,31-34,36-56H2,1-3H3/b22-20-,27-26-,30-29-,35-25-. The number of esters is 3. The lowest BCUT2D eigenvalue weighted by atomic mass is 10.1. The van der Waals surface area contributed by atoms with Crippen molar-refractivity contribution in [1.82, 2.24) is 0 Å². The van der Waals surface area contributed by atoms with E-state index in [-0.39, 0.29) is 31.1 Å². The Hall–Kier alpha value is -2.63. The summed E-state index contributed by atoms with van der Waals surface area (Å²) < 4.78 is 16.8. The molecule has 0 radical (unpaired) electrons. The van der Waals surface area contributed by atoms with E-state index in [4.69, 9.17) is 14.2 Å². The average molecular weight is 926 g/mol. The summed E-state index contributed by atoms with van der Waals surface area (Å²) in [5, 5.41) is 0. The zero-order valence-corrected chi connectivity index (χ0v) is 44.0. The van der Waals surface area contributed by atoms with Gasteiger partial charge < -0.3 is 14.2 Å². The molecule has 0 bridgehead atoms. The van der Waals surface area contributed by atoms with Gasteiger partial charge in [0.1, 0.15) is 13.2 Å². The van der Waals surface area contributed by atoms with Gasteiger partial charge in [0.2, 0.25) is 0 Å². The Kier molecular flexibility index (Phi) is 52.8. The van der Waals surface area contributed by atoms with E-state index in [1.165, 1.54) is 180 Å². The van der Waals surface area contributed by atoms with Gasteiger partial charge in [-0.15, -0.1) is 0 Å². The summed E-state index contributed by atoms with van der Waals surface area (Å²) in [7, 11) is 0. The van der Waals surface area contributed by atoms with Gasteiger partial charge in [0, 0.05) is 19.3 Å². The van der Waals surface area contributed by atoms with Crippen molar-refractivity contribution in [3.63, 3.8) is 0 Å². The summed E-state index contributed by atoms with van der Waals surface area (Å²) in [4.78, 5) is 37.9. The van der Waals surface area contributed by atoms with Crippen LogP contribution in [0.5, 0.6) is 0 Å². The highest BCUT2D eigenvalue weighted by atomic mass is 16.6. The zero-order chi connectivity index (χ0) is 47.9. The minimum atomic E-state index is -0.775. The van der Waals surface area contributed by atoms with Crippen LogP contribution in [0, 0.1) is 0 Å². The molecule has 0 spiro atoms. The molecule has 0 aromatic rings. The van der Waals surface area contributed by atoms with Crippen molar-refractivity contribution in [2.45, 2.75) is 303 Å². The minimum Gasteiger partial charge on any atom is -0.462 e. The van der Waals surface area contributed by atoms with Gasteiger partial charge in [-0.1, -0.05) is 243 Å². The number of unbranched alkanes of at least 4 members (excludes halogenated alkanes) is 33. The number of hydrogen-bond donors (Lipinski definition) is 0. The summed E-state index contributed by atoms with van der Waals surface area (Å²) in [6.07, 6.45) is 66.9. The SMILES string of the molecule is CCCCCCC/C=C\C/C=C\C/C=C\CCCCCCCCCCCCC(=O)OCC(COC(=O)CCCCCCCCC)OC(=O)CCCCCCC/C=C\CCCCCCCCC. The summed E-state index contributed by atoms with van der Waals surface area (Å²) in [5.74, 6) is -0.884. The molecule has 1 atom stereocenters. The van der Waals surface area contributed by atoms with Crippen molar-refractivity contribution in [3.8, 4) is 0 Å². The lowest BCUT2D eigenvalue weighted by Gasteiger charge is -2.18. The van der Waals surface area contributed by atoms with Crippen molar-refractivity contribution in [2.24, 2.45) is 0 Å². The number of carbonyl (C=O) groups excluding carboxylic acids is 3. The van der Waals surface area contributed by atoms with Crippen LogP contribution >= 0.6 is 0 Å². The van der Waals surface area contributed by atoms with Gasteiger partial charge >= 0.3 is 17.9 Å². The molecule has 6 nitrogen and oxygen atoms in total. The topological polar surface area (TPSA) is 78.9 Å². The van der Waals surface area contributed by atoms with E-state index in [1.807, 2.05) is 0 Å². The molecule has 0 aromatic carbocycles. The number of carbonyl (C=O) groups is 3. The molecule has 6 heteroatoms. The third-order valence-corrected chi connectivity index (χ3v) is 12.6. The zero-order valence-electron chi connectivity index (χ0n) is 44.0. The number of ether oxygens (including phenoxy) is 3. The van der Waals surface area contributed by atoms with E-state index in [1.54, 1.807) is 0 Å². The minimum absolute atomic E-state index is 0.0759. The molecule has 0 N–H and O–H groups in total. The highest BCUT2D eigenvalue weighted by Crippen LogP contribution is 2.15. The van der Waals surface area contributed by atoms with Crippen molar-refractivity contribution >= 4 is 17.9 Å². The molecule has 0 heterocycles. The molecule has 66 heavy (non-hydrogen) atoms. The van der Waals surface area contributed by atoms with Gasteiger partial charge in [0.25, 0.3) is 0 Å². The summed E-state index contributed by atoms with van der Waals surface area (Å²) >= 11 is 0. The Bertz CT molecular complexity index is 1150. The maximum Gasteiger partial charge on any atom is 0.306 e. The number of rotatable bonds is 52. The molecule has 0 aliphatic carbocycles. The van der Waals surface area contributed by atoms with Crippen molar-refractivity contribution in [3.05, 3.63) is 48.6 Å². The van der Waals surface area contributed by atoms with Gasteiger partial charge in [0.05, 0.1) is 0 Å². The first-order chi connectivity index (χ1) is 32.5. The molecule has 1 unspecified atom stereocenters. The van der Waals surface area contributed by atoms with Gasteiger partial charge in [-0.2, -0.15) is 0 Å². The fraction of sp³-hybridized carbons (Fsp3) is 0.817. The van der Waals surface area contributed by atoms with E-state index in [0.29, 0.717) is 19.3 Å². The maximum absolute atomic E-state index is 12.8. The molecule has 0 aliphatic rings. The second-order valence-electron chi connectivity index (χ2n) is 19.2. The highest BCUT2D eigenvalue weighted by Gasteiger charge is 2.19. The quantitative estimate of drug-likeness (QED) is 0.0262. The molecule has 0 aromatic heterocycles. The van der Waals surface area contributed by atoms with Gasteiger partial charge in [-0.05, 0) is 83.5 Å². The summed E-state index contributed by atoms with van der Waals surface area (Å²) in [6.45, 7) is 6.60. The van der Waals surface area contributed by atoms with Crippen LogP contribution in [-0.4, -0.2) is 37.2 Å². The van der Waals surface area contributed by atoms with Gasteiger partial charge in [-0.3, -0.25) is 14.4 Å². The van der Waals surface area contributed by atoms with Gasteiger partial charge in [0.15, 0.2) is 6.10 Å². The van der Waals surface area contributed by atoms with Crippen LogP contribution in [0.25, 0.3) is 0 Å². The van der Waals surface area contributed by atoms with Crippen LogP contribution in [0.1, 0.15) is 297 Å². The second-order valence-corrected chi connectivity index (χ2v) is 19.2. The highest BCUT2D eigenvalue weighted by molar-refractivity contribution is 5.71. The Balaban J connectivity index is 4.16. The maximum atomic E-state index is 12.8. The Morgan fingerprint density at radius 2 is 0.545 bits per heavy atom. The average Bonchev–Trinajstić information content (AvgIpc) is 3.31. The smallest absolute Gasteiger partial charge is 0.306 e. The summed E-state index contributed by atoms with van der Waals surface area (Å²) in [5.41, 5.74) is 0. The van der Waals surface area contributed by atoms with Crippen LogP contribution in [-0.2, 0) is 28.6 Å². The second kappa shape index (κ2) is 55.0. The van der Waals surface area contributed by atoms with Crippen molar-refractivity contribution < 1.29 is 28.6 Å². The molecule has 0 rings (SSSR count).